The molecule has 1 N–H and O–H groups in total. The Bertz CT molecular complexity index is 942. The van der Waals surface area contributed by atoms with Gasteiger partial charge < -0.3 is 5.32 Å². The molecule has 0 bridgehead atoms. The summed E-state index contributed by atoms with van der Waals surface area (Å²) in [7, 11) is 0. The predicted molar refractivity (Wildman–Crippen MR) is 105 cm³/mol. The number of halogens is 1. The van der Waals surface area contributed by atoms with E-state index in [0.717, 1.165) is 21.7 Å². The lowest BCUT2D eigenvalue weighted by molar-refractivity contribution is -0.120. The first-order chi connectivity index (χ1) is 12.5. The van der Waals surface area contributed by atoms with E-state index in [2.05, 4.69) is 28.3 Å². The van der Waals surface area contributed by atoms with E-state index in [1.807, 2.05) is 13.8 Å². The summed E-state index contributed by atoms with van der Waals surface area (Å²) in [4.78, 5) is 23.6. The average molecular weight is 390 g/mol. The summed E-state index contributed by atoms with van der Waals surface area (Å²) in [6.45, 7) is 5.97. The molecular weight excluding hydrogens is 369 g/mol. The smallest absolute Gasteiger partial charge is 0.233 e. The molecule has 1 unspecified atom stereocenters. The Hall–Kier alpha value is -1.99. The van der Waals surface area contributed by atoms with Crippen molar-refractivity contribution in [3.63, 3.8) is 0 Å². The summed E-state index contributed by atoms with van der Waals surface area (Å²) >= 11 is 3.07. The van der Waals surface area contributed by atoms with Crippen LogP contribution in [-0.2, 0) is 17.8 Å². The first-order valence-corrected chi connectivity index (χ1v) is 10.1. The van der Waals surface area contributed by atoms with E-state index in [-0.39, 0.29) is 23.5 Å². The van der Waals surface area contributed by atoms with Crippen molar-refractivity contribution in [1.82, 2.24) is 15.3 Å². The van der Waals surface area contributed by atoms with Crippen molar-refractivity contribution < 1.29 is 9.18 Å². The first kappa shape index (κ1) is 18.8. The maximum absolute atomic E-state index is 13.7. The highest BCUT2D eigenvalue weighted by Gasteiger charge is 2.19. The maximum Gasteiger partial charge on any atom is 0.233 e. The fourth-order valence-corrected chi connectivity index (χ4v) is 4.57. The van der Waals surface area contributed by atoms with Crippen LogP contribution in [0.3, 0.4) is 0 Å². The largest absolute Gasteiger partial charge is 0.351 e. The third-order valence-electron chi connectivity index (χ3n) is 3.94. The molecule has 1 aromatic carbocycles. The molecule has 0 aliphatic rings. The van der Waals surface area contributed by atoms with Gasteiger partial charge in [0.1, 0.15) is 21.5 Å². The molecule has 0 aliphatic heterocycles. The Morgan fingerprint density at radius 1 is 1.35 bits per heavy atom. The van der Waals surface area contributed by atoms with Gasteiger partial charge >= 0.3 is 0 Å². The quantitative estimate of drug-likeness (QED) is 0.498. The molecule has 136 valence electrons. The summed E-state index contributed by atoms with van der Waals surface area (Å²) in [5, 5.41) is 4.27. The van der Waals surface area contributed by atoms with Crippen LogP contribution in [0.2, 0.25) is 0 Å². The van der Waals surface area contributed by atoms with Gasteiger partial charge in [-0.25, -0.2) is 14.4 Å². The van der Waals surface area contributed by atoms with Crippen LogP contribution in [0.1, 0.15) is 30.1 Å². The minimum absolute atomic E-state index is 0.145. The van der Waals surface area contributed by atoms with Gasteiger partial charge in [-0.15, -0.1) is 11.3 Å². The minimum atomic E-state index is -0.343. The number of thioether (sulfide) groups is 1. The summed E-state index contributed by atoms with van der Waals surface area (Å²) in [5.41, 5.74) is 0.476. The molecule has 7 heteroatoms. The van der Waals surface area contributed by atoms with Crippen molar-refractivity contribution in [2.24, 2.45) is 0 Å². The van der Waals surface area contributed by atoms with E-state index in [0.29, 0.717) is 11.4 Å². The second-order valence-electron chi connectivity index (χ2n) is 5.93. The second kappa shape index (κ2) is 8.14. The van der Waals surface area contributed by atoms with Gasteiger partial charge in [0.25, 0.3) is 0 Å². The number of nitrogens with one attached hydrogen (secondary N) is 1. The van der Waals surface area contributed by atoms with Crippen molar-refractivity contribution in [2.45, 2.75) is 44.0 Å². The molecule has 0 fully saturated rings. The monoisotopic (exact) mass is 389 g/mol. The normalized spacial score (nSPS) is 12.3. The minimum Gasteiger partial charge on any atom is -0.351 e. The van der Waals surface area contributed by atoms with Crippen molar-refractivity contribution >= 4 is 39.2 Å². The van der Waals surface area contributed by atoms with E-state index >= 15 is 0 Å². The third-order valence-corrected chi connectivity index (χ3v) is 6.21. The van der Waals surface area contributed by atoms with E-state index in [9.17, 15) is 9.18 Å². The lowest BCUT2D eigenvalue weighted by Gasteiger charge is -2.12. The Morgan fingerprint density at radius 2 is 2.12 bits per heavy atom. The number of carbonyl (C=O) groups excluding carboxylic acids is 1. The molecule has 0 spiro atoms. The Labute approximate surface area is 160 Å². The van der Waals surface area contributed by atoms with Crippen molar-refractivity contribution in [3.05, 3.63) is 52.4 Å². The summed E-state index contributed by atoms with van der Waals surface area (Å²) in [6.07, 6.45) is 0.947. The number of hydrogen-bond donors (Lipinski definition) is 1. The molecule has 1 amide bonds. The lowest BCUT2D eigenvalue weighted by atomic mass is 10.2. The van der Waals surface area contributed by atoms with Crippen LogP contribution in [0.15, 0.2) is 35.4 Å². The highest BCUT2D eigenvalue weighted by Crippen LogP contribution is 2.33. The van der Waals surface area contributed by atoms with Crippen LogP contribution in [0.5, 0.6) is 0 Å². The highest BCUT2D eigenvalue weighted by molar-refractivity contribution is 8.00. The Balaban J connectivity index is 1.72. The van der Waals surface area contributed by atoms with E-state index < -0.39 is 0 Å². The number of carbonyl (C=O) groups is 1. The molecule has 2 aromatic heterocycles. The average Bonchev–Trinajstić information content (AvgIpc) is 3.04. The molecule has 0 aliphatic carbocycles. The summed E-state index contributed by atoms with van der Waals surface area (Å²) in [5.74, 6) is 0.240. The zero-order chi connectivity index (χ0) is 18.7. The Morgan fingerprint density at radius 3 is 2.85 bits per heavy atom. The number of nitrogens with zero attached hydrogens (tertiary/aromatic N) is 2. The van der Waals surface area contributed by atoms with Crippen LogP contribution in [0.4, 0.5) is 4.39 Å². The van der Waals surface area contributed by atoms with E-state index in [4.69, 9.17) is 0 Å². The number of hydrogen-bond acceptors (Lipinski definition) is 5. The van der Waals surface area contributed by atoms with E-state index in [1.165, 1.54) is 22.7 Å². The molecule has 0 saturated carbocycles. The summed E-state index contributed by atoms with van der Waals surface area (Å²) in [6, 6.07) is 8.55. The number of fused-ring (bicyclic) bond motifs is 1. The standard InChI is InChI=1S/C19H20FN3OS2/c1-4-14-9-15-18(22-12(3)23-19(15)26-14)25-11(2)17(24)21-10-13-7-5-6-8-16(13)20/h5-9,11H,4,10H2,1-3H3,(H,21,24). The molecular formula is C19H20FN3OS2. The van der Waals surface area contributed by atoms with Crippen LogP contribution in [-0.4, -0.2) is 21.1 Å². The molecule has 26 heavy (non-hydrogen) atoms. The number of benzene rings is 1. The Kier molecular flexibility index (Phi) is 5.88. The van der Waals surface area contributed by atoms with Gasteiger partial charge in [-0.3, -0.25) is 4.79 Å². The summed E-state index contributed by atoms with van der Waals surface area (Å²) < 4.78 is 13.7. The fourth-order valence-electron chi connectivity index (χ4n) is 2.50. The molecule has 0 radical (unpaired) electrons. The van der Waals surface area contributed by atoms with Crippen molar-refractivity contribution in [3.8, 4) is 0 Å². The van der Waals surface area contributed by atoms with E-state index in [1.54, 1.807) is 29.5 Å². The van der Waals surface area contributed by atoms with Crippen LogP contribution in [0.25, 0.3) is 10.2 Å². The fraction of sp³-hybridized carbons (Fsp3) is 0.316. The highest BCUT2D eigenvalue weighted by atomic mass is 32.2. The van der Waals surface area contributed by atoms with Crippen LogP contribution >= 0.6 is 23.1 Å². The molecule has 3 aromatic rings. The number of rotatable bonds is 6. The number of aromatic nitrogens is 2. The second-order valence-corrected chi connectivity index (χ2v) is 8.38. The third kappa shape index (κ3) is 4.22. The van der Waals surface area contributed by atoms with Crippen LogP contribution < -0.4 is 5.32 Å². The van der Waals surface area contributed by atoms with Gasteiger partial charge in [-0.05, 0) is 32.4 Å². The van der Waals surface area contributed by atoms with Crippen molar-refractivity contribution in [1.29, 1.82) is 0 Å². The van der Waals surface area contributed by atoms with Crippen LogP contribution in [0, 0.1) is 12.7 Å². The molecule has 4 nitrogen and oxygen atoms in total. The molecule has 1 atom stereocenters. The first-order valence-electron chi connectivity index (χ1n) is 8.42. The number of thiophene rings is 1. The van der Waals surface area contributed by atoms with Gasteiger partial charge in [0.15, 0.2) is 0 Å². The number of amides is 1. The zero-order valence-electron chi connectivity index (χ0n) is 14.9. The van der Waals surface area contributed by atoms with Gasteiger partial charge in [-0.2, -0.15) is 0 Å². The van der Waals surface area contributed by atoms with Gasteiger partial charge in [0.2, 0.25) is 5.91 Å². The van der Waals surface area contributed by atoms with Gasteiger partial charge in [-0.1, -0.05) is 36.9 Å². The van der Waals surface area contributed by atoms with Gasteiger partial charge in [0, 0.05) is 22.4 Å². The zero-order valence-corrected chi connectivity index (χ0v) is 16.5. The lowest BCUT2D eigenvalue weighted by Crippen LogP contribution is -2.30. The molecule has 2 heterocycles. The predicted octanol–water partition coefficient (Wildman–Crippen LogP) is 4.50. The molecule has 3 rings (SSSR count). The molecule has 0 saturated heterocycles. The number of aryl methyl sites for hydroxylation is 2. The maximum atomic E-state index is 13.7. The SMILES string of the molecule is CCc1cc2c(SC(C)C(=O)NCc3ccccc3F)nc(C)nc2s1. The van der Waals surface area contributed by atoms with Crippen molar-refractivity contribution in [2.75, 3.05) is 0 Å². The topological polar surface area (TPSA) is 54.9 Å². The van der Waals surface area contributed by atoms with Gasteiger partial charge in [0.05, 0.1) is 5.25 Å².